The minimum atomic E-state index is 0.745. The summed E-state index contributed by atoms with van der Waals surface area (Å²) < 4.78 is 0. The smallest absolute Gasteiger partial charge is 0.0198 e. The van der Waals surface area contributed by atoms with E-state index in [0.717, 1.165) is 28.6 Å². The van der Waals surface area contributed by atoms with Gasteiger partial charge < -0.3 is 0 Å². The van der Waals surface area contributed by atoms with Gasteiger partial charge in [0.05, 0.1) is 0 Å². The van der Waals surface area contributed by atoms with Crippen molar-refractivity contribution >= 4 is 0 Å². The van der Waals surface area contributed by atoms with E-state index in [-0.39, 0.29) is 0 Å². The van der Waals surface area contributed by atoms with Crippen molar-refractivity contribution in [1.82, 2.24) is 0 Å². The lowest BCUT2D eigenvalue weighted by Gasteiger charge is -2.33. The Morgan fingerprint density at radius 1 is 1.46 bits per heavy atom. The molecule has 0 saturated heterocycles. The Morgan fingerprint density at radius 2 is 2.31 bits per heavy atom. The maximum atomic E-state index is 3.96. The molecule has 0 aromatic heterocycles. The van der Waals surface area contributed by atoms with E-state index in [1.54, 1.807) is 19.3 Å². The van der Waals surface area contributed by atoms with Crippen LogP contribution in [0.4, 0.5) is 0 Å². The quantitative estimate of drug-likeness (QED) is 0.564. The summed E-state index contributed by atoms with van der Waals surface area (Å²) in [5.74, 6) is 4.48. The zero-order chi connectivity index (χ0) is 8.84. The molecule has 70 valence electrons. The second kappa shape index (κ2) is 1.64. The minimum Gasteiger partial charge on any atom is -0.103 e. The second-order valence-electron chi connectivity index (χ2n) is 6.16. The summed E-state index contributed by atoms with van der Waals surface area (Å²) in [6.07, 6.45) is 8.22. The molecular formula is C13H18. The zero-order valence-electron chi connectivity index (χ0n) is 8.42. The predicted octanol–water partition coefficient (Wildman–Crippen LogP) is 3.24. The molecule has 0 aliphatic heterocycles. The van der Waals surface area contributed by atoms with Crippen LogP contribution in [0.3, 0.4) is 0 Å². The molecule has 0 aromatic carbocycles. The van der Waals surface area contributed by atoms with Crippen molar-refractivity contribution in [3.05, 3.63) is 12.7 Å². The van der Waals surface area contributed by atoms with Crippen molar-refractivity contribution in [3.63, 3.8) is 0 Å². The molecule has 13 heavy (non-hydrogen) atoms. The van der Waals surface area contributed by atoms with E-state index in [0.29, 0.717) is 0 Å². The first-order valence-corrected chi connectivity index (χ1v) is 5.86. The van der Waals surface area contributed by atoms with Gasteiger partial charge in [-0.2, -0.15) is 0 Å². The van der Waals surface area contributed by atoms with Gasteiger partial charge in [0.2, 0.25) is 0 Å². The number of allylic oxidation sites excluding steroid dienone is 1. The summed E-state index contributed by atoms with van der Waals surface area (Å²) in [5.41, 5.74) is 1.69. The molecule has 0 aromatic rings. The van der Waals surface area contributed by atoms with Crippen LogP contribution in [0.1, 0.15) is 32.6 Å². The topological polar surface area (TPSA) is 0 Å². The third kappa shape index (κ3) is 0.489. The highest BCUT2D eigenvalue weighted by Crippen LogP contribution is 2.95. The first-order chi connectivity index (χ1) is 6.25. The SMILES string of the molecule is C=CCC12CC3CC34C(CC1C)C24. The van der Waals surface area contributed by atoms with Crippen LogP contribution >= 0.6 is 0 Å². The van der Waals surface area contributed by atoms with E-state index in [1.165, 1.54) is 12.3 Å². The van der Waals surface area contributed by atoms with Crippen molar-refractivity contribution in [2.75, 3.05) is 0 Å². The van der Waals surface area contributed by atoms with E-state index in [9.17, 15) is 0 Å². The van der Waals surface area contributed by atoms with Gasteiger partial charge in [0, 0.05) is 0 Å². The monoisotopic (exact) mass is 174 g/mol. The van der Waals surface area contributed by atoms with Gasteiger partial charge in [0.1, 0.15) is 0 Å². The predicted molar refractivity (Wildman–Crippen MR) is 53.2 cm³/mol. The van der Waals surface area contributed by atoms with Crippen LogP contribution in [0.2, 0.25) is 0 Å². The van der Waals surface area contributed by atoms with Gasteiger partial charge in [-0.15, -0.1) is 6.58 Å². The van der Waals surface area contributed by atoms with Crippen LogP contribution in [0.25, 0.3) is 0 Å². The third-order valence-electron chi connectivity index (χ3n) is 6.12. The van der Waals surface area contributed by atoms with E-state index >= 15 is 0 Å². The van der Waals surface area contributed by atoms with Crippen molar-refractivity contribution in [3.8, 4) is 0 Å². The van der Waals surface area contributed by atoms with Crippen LogP contribution in [0, 0.1) is 34.5 Å². The van der Waals surface area contributed by atoms with Crippen LogP contribution in [-0.2, 0) is 0 Å². The van der Waals surface area contributed by atoms with Crippen molar-refractivity contribution in [2.24, 2.45) is 34.5 Å². The Hall–Kier alpha value is -0.260. The van der Waals surface area contributed by atoms with Gasteiger partial charge in [-0.05, 0) is 60.2 Å². The number of rotatable bonds is 2. The molecule has 4 fully saturated rings. The molecule has 6 atom stereocenters. The van der Waals surface area contributed by atoms with Gasteiger partial charge in [-0.25, -0.2) is 0 Å². The average Bonchev–Trinajstić information content (AvgIpc) is 2.87. The lowest BCUT2D eigenvalue weighted by molar-refractivity contribution is 0.169. The fourth-order valence-electron chi connectivity index (χ4n) is 5.69. The minimum absolute atomic E-state index is 0.745. The molecule has 4 aliphatic rings. The number of hydrogen-bond acceptors (Lipinski definition) is 0. The molecule has 0 amide bonds. The molecule has 4 rings (SSSR count). The lowest BCUT2D eigenvalue weighted by Crippen LogP contribution is -2.26. The summed E-state index contributed by atoms with van der Waals surface area (Å²) in [5, 5.41) is 0. The second-order valence-corrected chi connectivity index (χ2v) is 6.16. The molecule has 0 bridgehead atoms. The maximum Gasteiger partial charge on any atom is -0.0198 e. The van der Waals surface area contributed by atoms with Crippen LogP contribution in [0.5, 0.6) is 0 Å². The van der Waals surface area contributed by atoms with Gasteiger partial charge in [0.25, 0.3) is 0 Å². The van der Waals surface area contributed by atoms with Crippen LogP contribution in [0.15, 0.2) is 12.7 Å². The molecular weight excluding hydrogens is 156 g/mol. The molecule has 1 spiro atoms. The van der Waals surface area contributed by atoms with Gasteiger partial charge in [-0.3, -0.25) is 0 Å². The molecule has 0 heterocycles. The summed E-state index contributed by atoms with van der Waals surface area (Å²) in [4.78, 5) is 0. The highest BCUT2D eigenvalue weighted by molar-refractivity contribution is 5.38. The van der Waals surface area contributed by atoms with Crippen molar-refractivity contribution in [1.29, 1.82) is 0 Å². The molecule has 0 heteroatoms. The van der Waals surface area contributed by atoms with Crippen molar-refractivity contribution in [2.45, 2.75) is 32.6 Å². The highest BCUT2D eigenvalue weighted by Gasteiger charge is 2.89. The Bertz CT molecular complexity index is 305. The molecule has 4 aliphatic carbocycles. The Balaban J connectivity index is 1.79. The molecule has 4 saturated carbocycles. The summed E-state index contributed by atoms with van der Waals surface area (Å²) in [6, 6.07) is 0. The van der Waals surface area contributed by atoms with Gasteiger partial charge >= 0.3 is 0 Å². The Labute approximate surface area is 80.4 Å². The highest BCUT2D eigenvalue weighted by atomic mass is 14.9. The fourth-order valence-corrected chi connectivity index (χ4v) is 5.69. The average molecular weight is 174 g/mol. The number of hydrogen-bond donors (Lipinski definition) is 0. The van der Waals surface area contributed by atoms with Crippen LogP contribution < -0.4 is 0 Å². The normalized spacial score (nSPS) is 70.2. The molecule has 6 unspecified atom stereocenters. The van der Waals surface area contributed by atoms with Crippen molar-refractivity contribution < 1.29 is 0 Å². The van der Waals surface area contributed by atoms with Gasteiger partial charge in [-0.1, -0.05) is 13.0 Å². The van der Waals surface area contributed by atoms with Crippen LogP contribution in [-0.4, -0.2) is 0 Å². The summed E-state index contributed by atoms with van der Waals surface area (Å²) in [7, 11) is 0. The lowest BCUT2D eigenvalue weighted by atomic mass is 9.71. The standard InChI is InChI=1S/C13H18/c1-3-4-12-6-9-7-13(9)10(11(12)13)5-8(12)2/h3,8-11H,1,4-7H2,2H3. The van der Waals surface area contributed by atoms with E-state index in [1.807, 2.05) is 0 Å². The van der Waals surface area contributed by atoms with E-state index in [4.69, 9.17) is 0 Å². The Kier molecular flexibility index (Phi) is 0.894. The molecule has 0 nitrogen and oxygen atoms in total. The Morgan fingerprint density at radius 3 is 3.08 bits per heavy atom. The first kappa shape index (κ1) is 7.09. The molecule has 0 N–H and O–H groups in total. The third-order valence-corrected chi connectivity index (χ3v) is 6.12. The van der Waals surface area contributed by atoms with E-state index in [2.05, 4.69) is 19.6 Å². The first-order valence-electron chi connectivity index (χ1n) is 5.86. The molecule has 0 radical (unpaired) electrons. The maximum absolute atomic E-state index is 3.96. The summed E-state index contributed by atoms with van der Waals surface area (Å²) in [6.45, 7) is 6.45. The zero-order valence-corrected chi connectivity index (χ0v) is 8.42. The fraction of sp³-hybridized carbons (Fsp3) is 0.846. The largest absolute Gasteiger partial charge is 0.103 e. The van der Waals surface area contributed by atoms with E-state index < -0.39 is 0 Å². The van der Waals surface area contributed by atoms with Gasteiger partial charge in [0.15, 0.2) is 0 Å². The summed E-state index contributed by atoms with van der Waals surface area (Å²) >= 11 is 0.